The van der Waals surface area contributed by atoms with Gasteiger partial charge in [0.1, 0.15) is 5.52 Å². The van der Waals surface area contributed by atoms with Gasteiger partial charge in [0.05, 0.1) is 16.0 Å². The van der Waals surface area contributed by atoms with E-state index in [2.05, 4.69) is 15.4 Å². The molecule has 0 aliphatic rings. The summed E-state index contributed by atoms with van der Waals surface area (Å²) in [5.41, 5.74) is -2.43. The van der Waals surface area contributed by atoms with Crippen molar-refractivity contribution in [3.05, 3.63) is 45.8 Å². The molecule has 0 fully saturated rings. The smallest absolute Gasteiger partial charge is 0.272 e. The number of aryl methyl sites for hydroxylation is 1. The van der Waals surface area contributed by atoms with E-state index in [0.29, 0.717) is 5.56 Å². The molecule has 1 aromatic carbocycles. The number of benzene rings is 1. The van der Waals surface area contributed by atoms with Crippen LogP contribution in [0.2, 0.25) is 5.02 Å². The molecule has 0 bridgehead atoms. The van der Waals surface area contributed by atoms with Gasteiger partial charge in [-0.15, -0.1) is 4.91 Å². The Kier molecular flexibility index (Phi) is 5.02. The van der Waals surface area contributed by atoms with Crippen LogP contribution in [0.15, 0.2) is 29.7 Å². The molecule has 148 valence electrons. The summed E-state index contributed by atoms with van der Waals surface area (Å²) in [7, 11) is 2.71. The van der Waals surface area contributed by atoms with Crippen LogP contribution in [0.5, 0.6) is 0 Å². The van der Waals surface area contributed by atoms with Crippen LogP contribution in [-0.4, -0.2) is 33.3 Å². The van der Waals surface area contributed by atoms with Crippen molar-refractivity contribution in [1.29, 1.82) is 0 Å². The van der Waals surface area contributed by atoms with Gasteiger partial charge in [-0.05, 0) is 30.7 Å². The lowest BCUT2D eigenvalue weighted by atomic mass is 9.96. The Balaban J connectivity index is 2.29. The average Bonchev–Trinajstić information content (AvgIpc) is 2.98. The minimum absolute atomic E-state index is 0.0131. The van der Waals surface area contributed by atoms with Crippen molar-refractivity contribution in [1.82, 2.24) is 14.8 Å². The van der Waals surface area contributed by atoms with E-state index in [9.17, 15) is 23.2 Å². The van der Waals surface area contributed by atoms with Crippen LogP contribution in [0.25, 0.3) is 22.0 Å². The van der Waals surface area contributed by atoms with E-state index in [0.717, 1.165) is 22.7 Å². The molecule has 3 rings (SSSR count). The number of alkyl halides is 2. The molecule has 0 radical (unpaired) electrons. The van der Waals surface area contributed by atoms with Gasteiger partial charge in [0.25, 0.3) is 6.43 Å². The minimum atomic E-state index is -3.12. The lowest BCUT2D eigenvalue weighted by Crippen LogP contribution is -2.33. The predicted molar refractivity (Wildman–Crippen MR) is 98.7 cm³/mol. The van der Waals surface area contributed by atoms with Crippen LogP contribution in [-0.2, 0) is 12.6 Å². The molecule has 11 heteroatoms. The Hall–Kier alpha value is -2.72. The molecule has 1 unspecified atom stereocenters. The van der Waals surface area contributed by atoms with Gasteiger partial charge in [-0.2, -0.15) is 5.10 Å². The number of anilines is 1. The number of hydrogen-bond donors (Lipinski definition) is 1. The van der Waals surface area contributed by atoms with Crippen molar-refractivity contribution < 1.29 is 18.3 Å². The zero-order valence-electron chi connectivity index (χ0n) is 15.0. The maximum absolute atomic E-state index is 14.7. The molecule has 1 N–H and O–H groups in total. The monoisotopic (exact) mass is 413 g/mol. The molecule has 7 nitrogen and oxygen atoms in total. The van der Waals surface area contributed by atoms with Crippen LogP contribution in [0.3, 0.4) is 0 Å². The van der Waals surface area contributed by atoms with Crippen LogP contribution in [0.4, 0.5) is 19.0 Å². The normalized spacial score (nSPS) is 13.8. The van der Waals surface area contributed by atoms with Crippen molar-refractivity contribution in [3.63, 3.8) is 0 Å². The number of fused-ring (bicyclic) bond motifs is 1. The SMILES string of the molecule is CN(N=O)c1cc(-c2cc(F)c3nn(C)c(C(C)(O)C(F)F)c3c2)c(Cl)cn1. The summed E-state index contributed by atoms with van der Waals surface area (Å²) in [4.78, 5) is 14.7. The van der Waals surface area contributed by atoms with Crippen molar-refractivity contribution in [2.45, 2.75) is 19.0 Å². The molecule has 0 saturated carbocycles. The van der Waals surface area contributed by atoms with Crippen LogP contribution < -0.4 is 5.01 Å². The summed E-state index contributed by atoms with van der Waals surface area (Å²) in [6.45, 7) is 0.931. The Morgan fingerprint density at radius 3 is 2.64 bits per heavy atom. The number of nitrogens with zero attached hydrogens (tertiary/aromatic N) is 5. The Morgan fingerprint density at radius 2 is 2.04 bits per heavy atom. The summed E-state index contributed by atoms with van der Waals surface area (Å²) in [6.07, 6.45) is -1.86. The van der Waals surface area contributed by atoms with E-state index in [1.807, 2.05) is 0 Å². The highest BCUT2D eigenvalue weighted by atomic mass is 35.5. The van der Waals surface area contributed by atoms with Gasteiger partial charge >= 0.3 is 0 Å². The quantitative estimate of drug-likeness (QED) is 0.504. The first-order valence-electron chi connectivity index (χ1n) is 7.98. The molecule has 2 aromatic heterocycles. The third-order valence-corrected chi connectivity index (χ3v) is 4.70. The molecule has 0 saturated heterocycles. The molecule has 0 amide bonds. The van der Waals surface area contributed by atoms with E-state index in [-0.39, 0.29) is 33.0 Å². The van der Waals surface area contributed by atoms with E-state index >= 15 is 0 Å². The topological polar surface area (TPSA) is 83.6 Å². The predicted octanol–water partition coefficient (Wildman–Crippen LogP) is 4.02. The van der Waals surface area contributed by atoms with Gasteiger partial charge in [0.15, 0.2) is 17.2 Å². The minimum Gasteiger partial charge on any atom is -0.378 e. The molecule has 0 aliphatic carbocycles. The number of aromatic nitrogens is 3. The fourth-order valence-corrected chi connectivity index (χ4v) is 3.19. The summed E-state index contributed by atoms with van der Waals surface area (Å²) in [5.74, 6) is -0.628. The zero-order chi connectivity index (χ0) is 20.8. The highest BCUT2D eigenvalue weighted by Crippen LogP contribution is 2.38. The zero-order valence-corrected chi connectivity index (χ0v) is 15.7. The molecule has 2 heterocycles. The van der Waals surface area contributed by atoms with Crippen LogP contribution >= 0.6 is 11.6 Å². The van der Waals surface area contributed by atoms with E-state index in [4.69, 9.17) is 11.6 Å². The molecule has 3 aromatic rings. The lowest BCUT2D eigenvalue weighted by molar-refractivity contribution is -0.0921. The second-order valence-electron chi connectivity index (χ2n) is 6.40. The number of rotatable bonds is 5. The van der Waals surface area contributed by atoms with Crippen molar-refractivity contribution in [3.8, 4) is 11.1 Å². The molecule has 0 aliphatic heterocycles. The summed E-state index contributed by atoms with van der Waals surface area (Å²) in [5, 5.41) is 18.0. The highest BCUT2D eigenvalue weighted by molar-refractivity contribution is 6.33. The largest absolute Gasteiger partial charge is 0.378 e. The van der Waals surface area contributed by atoms with Crippen LogP contribution in [0, 0.1) is 10.7 Å². The lowest BCUT2D eigenvalue weighted by Gasteiger charge is -2.23. The number of aliphatic hydroxyl groups is 1. The molecule has 28 heavy (non-hydrogen) atoms. The van der Waals surface area contributed by atoms with E-state index in [1.165, 1.54) is 32.4 Å². The van der Waals surface area contributed by atoms with Gasteiger partial charge in [-0.25, -0.2) is 23.2 Å². The maximum Gasteiger partial charge on any atom is 0.272 e. The maximum atomic E-state index is 14.7. The Bertz CT molecular complexity index is 1070. The van der Waals surface area contributed by atoms with Gasteiger partial charge in [-0.1, -0.05) is 11.6 Å². The molecular formula is C17H15ClF3N5O2. The number of pyridine rings is 1. The van der Waals surface area contributed by atoms with Crippen molar-refractivity contribution in [2.24, 2.45) is 12.3 Å². The average molecular weight is 414 g/mol. The first-order chi connectivity index (χ1) is 13.1. The van der Waals surface area contributed by atoms with Crippen LogP contribution in [0.1, 0.15) is 12.6 Å². The fourth-order valence-electron chi connectivity index (χ4n) is 2.98. The standard InChI is InChI=1S/C17H15ClF3N5O2/c1-17(27,16(20)21)15-10-4-8(5-12(19)14(10)23-26(15)3)9-6-13(25(2)24-28)22-7-11(9)18/h4-7,16,27H,1-3H3. The van der Waals surface area contributed by atoms with Gasteiger partial charge in [0, 0.05) is 31.2 Å². The second-order valence-corrected chi connectivity index (χ2v) is 6.81. The van der Waals surface area contributed by atoms with Gasteiger partial charge < -0.3 is 5.11 Å². The summed E-state index contributed by atoms with van der Waals surface area (Å²) < 4.78 is 42.5. The third-order valence-electron chi connectivity index (χ3n) is 4.40. The number of nitroso groups, excluding NO2 is 1. The summed E-state index contributed by atoms with van der Waals surface area (Å²) in [6, 6.07) is 3.94. The summed E-state index contributed by atoms with van der Waals surface area (Å²) >= 11 is 6.17. The second kappa shape index (κ2) is 7.02. The molecule has 0 spiro atoms. The van der Waals surface area contributed by atoms with E-state index in [1.54, 1.807) is 0 Å². The van der Waals surface area contributed by atoms with E-state index < -0.39 is 17.8 Å². The first-order valence-corrected chi connectivity index (χ1v) is 8.36. The highest BCUT2D eigenvalue weighted by Gasteiger charge is 2.39. The number of halogens is 4. The molecular weight excluding hydrogens is 399 g/mol. The third kappa shape index (κ3) is 3.18. The van der Waals surface area contributed by atoms with Crippen molar-refractivity contribution >= 4 is 28.3 Å². The fraction of sp³-hybridized carbons (Fsp3) is 0.294. The van der Waals surface area contributed by atoms with Gasteiger partial charge in [0.2, 0.25) is 0 Å². The van der Waals surface area contributed by atoms with Crippen molar-refractivity contribution in [2.75, 3.05) is 12.1 Å². The Labute approximate surface area is 162 Å². The number of hydrogen-bond acceptors (Lipinski definition) is 5. The van der Waals surface area contributed by atoms with Gasteiger partial charge in [-0.3, -0.25) is 4.68 Å². The first kappa shape index (κ1) is 20.0. The molecule has 1 atom stereocenters. The Morgan fingerprint density at radius 1 is 1.36 bits per heavy atom.